The summed E-state index contributed by atoms with van der Waals surface area (Å²) in [6, 6.07) is 24.0. The van der Waals surface area contributed by atoms with Gasteiger partial charge in [0, 0.05) is 30.5 Å². The molecule has 3 aromatic carbocycles. The fourth-order valence-electron chi connectivity index (χ4n) is 3.72. The molecule has 0 aliphatic rings. The largest absolute Gasteiger partial charge is 0.497 e. The zero-order valence-electron chi connectivity index (χ0n) is 19.8. The monoisotopic (exact) mass is 478 g/mol. The van der Waals surface area contributed by atoms with Gasteiger partial charge in [0.15, 0.2) is 0 Å². The molecule has 0 radical (unpaired) electrons. The van der Waals surface area contributed by atoms with E-state index >= 15 is 0 Å². The van der Waals surface area contributed by atoms with Gasteiger partial charge in [0.1, 0.15) is 11.8 Å². The van der Waals surface area contributed by atoms with Crippen molar-refractivity contribution in [3.8, 4) is 5.75 Å². The second kappa shape index (κ2) is 12.2. The molecular weight excluding hydrogens is 448 g/mol. The summed E-state index contributed by atoms with van der Waals surface area (Å²) in [6.07, 6.45) is 0.407. The standard InChI is InChI=1S/C28H31ClN2O3/c1-20(2)28(33)31(19-22-13-15-24(34-3)16-14-22)26(17-21-9-5-4-6-10-21)27(32)30-18-23-11-7-8-12-25(23)29/h4-16,20,26H,17-19H2,1-3H3,(H,30,32). The minimum atomic E-state index is -0.679. The van der Waals surface area contributed by atoms with Crippen LogP contribution < -0.4 is 10.1 Å². The first-order valence-electron chi connectivity index (χ1n) is 11.4. The normalized spacial score (nSPS) is 11.7. The van der Waals surface area contributed by atoms with Gasteiger partial charge in [-0.05, 0) is 34.9 Å². The summed E-state index contributed by atoms with van der Waals surface area (Å²) in [7, 11) is 1.61. The van der Waals surface area contributed by atoms with Crippen LogP contribution in [0.25, 0.3) is 0 Å². The molecule has 2 amide bonds. The van der Waals surface area contributed by atoms with E-state index in [1.165, 1.54) is 0 Å². The lowest BCUT2D eigenvalue weighted by Gasteiger charge is -2.33. The maximum atomic E-state index is 13.5. The molecule has 0 heterocycles. The first kappa shape index (κ1) is 25.3. The van der Waals surface area contributed by atoms with Gasteiger partial charge in [-0.2, -0.15) is 0 Å². The van der Waals surface area contributed by atoms with E-state index in [1.54, 1.807) is 18.1 Å². The maximum Gasteiger partial charge on any atom is 0.243 e. The van der Waals surface area contributed by atoms with Crippen LogP contribution in [0.3, 0.4) is 0 Å². The van der Waals surface area contributed by atoms with Gasteiger partial charge >= 0.3 is 0 Å². The third kappa shape index (κ3) is 6.84. The molecule has 6 heteroatoms. The van der Waals surface area contributed by atoms with E-state index < -0.39 is 6.04 Å². The van der Waals surface area contributed by atoms with Gasteiger partial charge < -0.3 is 15.0 Å². The highest BCUT2D eigenvalue weighted by atomic mass is 35.5. The van der Waals surface area contributed by atoms with Crippen molar-refractivity contribution in [2.24, 2.45) is 5.92 Å². The van der Waals surface area contributed by atoms with Crippen molar-refractivity contribution in [3.05, 3.63) is 101 Å². The van der Waals surface area contributed by atoms with Crippen LogP contribution in [0.2, 0.25) is 5.02 Å². The first-order valence-corrected chi connectivity index (χ1v) is 11.7. The zero-order valence-corrected chi connectivity index (χ0v) is 20.6. The Labute approximate surface area is 206 Å². The number of halogens is 1. The van der Waals surface area contributed by atoms with Crippen LogP contribution in [-0.4, -0.2) is 29.9 Å². The average Bonchev–Trinajstić information content (AvgIpc) is 2.86. The summed E-state index contributed by atoms with van der Waals surface area (Å²) < 4.78 is 5.25. The number of hydrogen-bond acceptors (Lipinski definition) is 3. The fourth-order valence-corrected chi connectivity index (χ4v) is 3.93. The van der Waals surface area contributed by atoms with Crippen molar-refractivity contribution in [2.75, 3.05) is 7.11 Å². The highest BCUT2D eigenvalue weighted by Crippen LogP contribution is 2.20. The van der Waals surface area contributed by atoms with E-state index in [0.717, 1.165) is 22.4 Å². The van der Waals surface area contributed by atoms with Crippen molar-refractivity contribution in [1.29, 1.82) is 0 Å². The summed E-state index contributed by atoms with van der Waals surface area (Å²) in [5, 5.41) is 3.59. The third-order valence-electron chi connectivity index (χ3n) is 5.65. The van der Waals surface area contributed by atoms with E-state index in [0.29, 0.717) is 18.0 Å². The molecule has 0 saturated carbocycles. The minimum absolute atomic E-state index is 0.0790. The van der Waals surface area contributed by atoms with E-state index in [4.69, 9.17) is 16.3 Å². The van der Waals surface area contributed by atoms with Crippen LogP contribution in [0, 0.1) is 5.92 Å². The van der Waals surface area contributed by atoms with Crippen LogP contribution in [0.4, 0.5) is 0 Å². The summed E-state index contributed by atoms with van der Waals surface area (Å²) in [5.74, 6) is 0.188. The lowest BCUT2D eigenvalue weighted by molar-refractivity contribution is -0.143. The second-order valence-corrected chi connectivity index (χ2v) is 8.89. The van der Waals surface area contributed by atoms with Crippen LogP contribution in [0.5, 0.6) is 5.75 Å². The SMILES string of the molecule is COc1ccc(CN(C(=O)C(C)C)C(Cc2ccccc2)C(=O)NCc2ccccc2Cl)cc1. The Morgan fingerprint density at radius 3 is 2.18 bits per heavy atom. The summed E-state index contributed by atoms with van der Waals surface area (Å²) in [6.45, 7) is 4.31. The number of hydrogen-bond donors (Lipinski definition) is 1. The molecule has 0 spiro atoms. The molecule has 0 aromatic heterocycles. The number of nitrogens with zero attached hydrogens (tertiary/aromatic N) is 1. The maximum absolute atomic E-state index is 13.5. The van der Waals surface area contributed by atoms with Gasteiger partial charge in [-0.25, -0.2) is 0 Å². The fraction of sp³-hybridized carbons (Fsp3) is 0.286. The van der Waals surface area contributed by atoms with Crippen LogP contribution in [0.1, 0.15) is 30.5 Å². The van der Waals surface area contributed by atoms with Crippen LogP contribution in [0.15, 0.2) is 78.9 Å². The second-order valence-electron chi connectivity index (χ2n) is 8.48. The summed E-state index contributed by atoms with van der Waals surface area (Å²) in [4.78, 5) is 28.5. The van der Waals surface area contributed by atoms with E-state index in [1.807, 2.05) is 86.6 Å². The van der Waals surface area contributed by atoms with Gasteiger partial charge in [-0.3, -0.25) is 9.59 Å². The Morgan fingerprint density at radius 1 is 0.912 bits per heavy atom. The van der Waals surface area contributed by atoms with Gasteiger partial charge in [-0.15, -0.1) is 0 Å². The van der Waals surface area contributed by atoms with E-state index in [2.05, 4.69) is 5.32 Å². The number of carbonyl (C=O) groups is 2. The molecule has 0 saturated heterocycles. The molecule has 1 atom stereocenters. The first-order chi connectivity index (χ1) is 16.4. The van der Waals surface area contributed by atoms with Gasteiger partial charge in [-0.1, -0.05) is 86.1 Å². The molecule has 0 aliphatic carbocycles. The molecule has 3 aromatic rings. The number of carbonyl (C=O) groups excluding carboxylic acids is 2. The van der Waals surface area contributed by atoms with Crippen molar-refractivity contribution < 1.29 is 14.3 Å². The van der Waals surface area contributed by atoms with E-state index in [9.17, 15) is 9.59 Å². The van der Waals surface area contributed by atoms with Crippen molar-refractivity contribution in [1.82, 2.24) is 10.2 Å². The smallest absolute Gasteiger partial charge is 0.243 e. The quantitative estimate of drug-likeness (QED) is 0.432. The Kier molecular flexibility index (Phi) is 9.11. The number of ether oxygens (including phenoxy) is 1. The highest BCUT2D eigenvalue weighted by Gasteiger charge is 2.31. The molecule has 0 bridgehead atoms. The predicted molar refractivity (Wildman–Crippen MR) is 136 cm³/mol. The molecule has 178 valence electrons. The van der Waals surface area contributed by atoms with Gasteiger partial charge in [0.05, 0.1) is 7.11 Å². The number of nitrogens with one attached hydrogen (secondary N) is 1. The lowest BCUT2D eigenvalue weighted by Crippen LogP contribution is -2.51. The third-order valence-corrected chi connectivity index (χ3v) is 6.02. The van der Waals surface area contributed by atoms with Crippen molar-refractivity contribution in [3.63, 3.8) is 0 Å². The molecule has 5 nitrogen and oxygen atoms in total. The van der Waals surface area contributed by atoms with Crippen molar-refractivity contribution in [2.45, 2.75) is 39.4 Å². The number of amides is 2. The molecule has 34 heavy (non-hydrogen) atoms. The van der Waals surface area contributed by atoms with Crippen LogP contribution >= 0.6 is 11.6 Å². The topological polar surface area (TPSA) is 58.6 Å². The van der Waals surface area contributed by atoms with Crippen LogP contribution in [-0.2, 0) is 29.1 Å². The molecule has 1 unspecified atom stereocenters. The number of methoxy groups -OCH3 is 1. The van der Waals surface area contributed by atoms with Crippen molar-refractivity contribution >= 4 is 23.4 Å². The van der Waals surface area contributed by atoms with Gasteiger partial charge in [0.2, 0.25) is 11.8 Å². The molecule has 0 fully saturated rings. The van der Waals surface area contributed by atoms with E-state index in [-0.39, 0.29) is 24.3 Å². The minimum Gasteiger partial charge on any atom is -0.497 e. The summed E-state index contributed by atoms with van der Waals surface area (Å²) >= 11 is 6.28. The van der Waals surface area contributed by atoms with Gasteiger partial charge in [0.25, 0.3) is 0 Å². The lowest BCUT2D eigenvalue weighted by atomic mass is 10.0. The summed E-state index contributed by atoms with van der Waals surface area (Å²) in [5.41, 5.74) is 2.73. The molecule has 1 N–H and O–H groups in total. The Morgan fingerprint density at radius 2 is 1.56 bits per heavy atom. The molecule has 3 rings (SSSR count). The average molecular weight is 479 g/mol. The number of benzene rings is 3. The highest BCUT2D eigenvalue weighted by molar-refractivity contribution is 6.31. The molecular formula is C28H31ClN2O3. The zero-order chi connectivity index (χ0) is 24.5. The Bertz CT molecular complexity index is 1080. The predicted octanol–water partition coefficient (Wildman–Crippen LogP) is 5.26. The number of rotatable bonds is 10. The Hall–Kier alpha value is -3.31. The Balaban J connectivity index is 1.90. The molecule has 0 aliphatic heterocycles.